The van der Waals surface area contributed by atoms with Gasteiger partial charge in [0, 0.05) is 14.0 Å². The first kappa shape index (κ1) is 16.8. The number of anilines is 1. The number of ether oxygens (including phenoxy) is 1. The third-order valence-corrected chi connectivity index (χ3v) is 3.92. The lowest BCUT2D eigenvalue weighted by Gasteiger charge is -2.20. The predicted molar refractivity (Wildman–Crippen MR) is 83.3 cm³/mol. The highest BCUT2D eigenvalue weighted by Gasteiger charge is 2.36. The van der Waals surface area contributed by atoms with Crippen LogP contribution >= 0.6 is 0 Å². The van der Waals surface area contributed by atoms with Crippen molar-refractivity contribution < 1.29 is 23.8 Å². The van der Waals surface area contributed by atoms with Crippen LogP contribution < -0.4 is 4.90 Å². The maximum absolute atomic E-state index is 14.4. The molecular formula is C15H16FN5O4. The van der Waals surface area contributed by atoms with E-state index in [0.717, 1.165) is 0 Å². The van der Waals surface area contributed by atoms with Gasteiger partial charge in [-0.2, -0.15) is 0 Å². The van der Waals surface area contributed by atoms with E-state index in [0.29, 0.717) is 11.4 Å². The van der Waals surface area contributed by atoms with Crippen LogP contribution in [0.3, 0.4) is 0 Å². The standard InChI is InChI=1S/C15H16FN5O4/c1-9(23)19(2)14-7-20(15(24)25-14)11-3-4-13(12(16)5-11)21-6-10(8-22)17-18-21/h3-6,14,22H,7-8H2,1-2H3. The number of amides is 2. The second kappa shape index (κ2) is 6.48. The number of carbonyl (C=O) groups is 2. The fourth-order valence-corrected chi connectivity index (χ4v) is 2.40. The molecule has 0 bridgehead atoms. The van der Waals surface area contributed by atoms with Gasteiger partial charge in [0.2, 0.25) is 5.91 Å². The van der Waals surface area contributed by atoms with E-state index in [1.54, 1.807) is 0 Å². The van der Waals surface area contributed by atoms with Crippen molar-refractivity contribution in [2.45, 2.75) is 19.8 Å². The zero-order chi connectivity index (χ0) is 18.1. The predicted octanol–water partition coefficient (Wildman–Crippen LogP) is 0.660. The van der Waals surface area contributed by atoms with Crippen LogP contribution in [0.1, 0.15) is 12.6 Å². The number of aliphatic hydroxyl groups excluding tert-OH is 1. The summed E-state index contributed by atoms with van der Waals surface area (Å²) in [4.78, 5) is 25.9. The van der Waals surface area contributed by atoms with E-state index in [1.807, 2.05) is 0 Å². The van der Waals surface area contributed by atoms with E-state index in [-0.39, 0.29) is 24.7 Å². The first-order chi connectivity index (χ1) is 11.9. The second-order valence-corrected chi connectivity index (χ2v) is 5.53. The zero-order valence-corrected chi connectivity index (χ0v) is 13.6. The van der Waals surface area contributed by atoms with Crippen LogP contribution in [0.15, 0.2) is 24.4 Å². The number of benzene rings is 1. The molecule has 0 saturated carbocycles. The Kier molecular flexibility index (Phi) is 4.36. The van der Waals surface area contributed by atoms with E-state index < -0.39 is 18.1 Å². The van der Waals surface area contributed by atoms with E-state index in [2.05, 4.69) is 10.3 Å². The minimum Gasteiger partial charge on any atom is -0.423 e. The van der Waals surface area contributed by atoms with Gasteiger partial charge in [-0.15, -0.1) is 5.10 Å². The SMILES string of the molecule is CC(=O)N(C)C1CN(c2ccc(-n3cc(CO)nn3)c(F)c2)C(=O)O1. The second-order valence-electron chi connectivity index (χ2n) is 5.53. The quantitative estimate of drug-likeness (QED) is 0.870. The van der Waals surface area contributed by atoms with Crippen LogP contribution in [0.4, 0.5) is 14.9 Å². The lowest BCUT2D eigenvalue weighted by atomic mass is 10.2. The largest absolute Gasteiger partial charge is 0.423 e. The lowest BCUT2D eigenvalue weighted by molar-refractivity contribution is -0.134. The molecule has 25 heavy (non-hydrogen) atoms. The highest BCUT2D eigenvalue weighted by atomic mass is 19.1. The fraction of sp³-hybridized carbons (Fsp3) is 0.333. The average Bonchev–Trinajstić information content (AvgIpc) is 3.20. The highest BCUT2D eigenvalue weighted by Crippen LogP contribution is 2.26. The number of aromatic nitrogens is 3. The number of hydrogen-bond donors (Lipinski definition) is 1. The van der Waals surface area contributed by atoms with Crippen molar-refractivity contribution >= 4 is 17.7 Å². The number of rotatable bonds is 4. The van der Waals surface area contributed by atoms with E-state index in [9.17, 15) is 14.0 Å². The molecule has 1 unspecified atom stereocenters. The smallest absolute Gasteiger partial charge is 0.416 e. The van der Waals surface area contributed by atoms with Gasteiger partial charge in [-0.1, -0.05) is 5.21 Å². The molecule has 1 fully saturated rings. The number of likely N-dealkylation sites (N-methyl/N-ethyl adjacent to an activating group) is 1. The average molecular weight is 349 g/mol. The molecule has 2 heterocycles. The van der Waals surface area contributed by atoms with Crippen LogP contribution in [0.2, 0.25) is 0 Å². The van der Waals surface area contributed by atoms with Crippen LogP contribution in [0.5, 0.6) is 0 Å². The lowest BCUT2D eigenvalue weighted by Crippen LogP contribution is -2.38. The number of hydrogen-bond acceptors (Lipinski definition) is 6. The van der Waals surface area contributed by atoms with Crippen LogP contribution in [-0.2, 0) is 16.1 Å². The molecule has 1 saturated heterocycles. The summed E-state index contributed by atoms with van der Waals surface area (Å²) in [5.41, 5.74) is 0.732. The summed E-state index contributed by atoms with van der Waals surface area (Å²) in [6.45, 7) is 1.17. The van der Waals surface area contributed by atoms with Gasteiger partial charge < -0.3 is 14.7 Å². The number of aliphatic hydroxyl groups is 1. The molecule has 1 aromatic heterocycles. The van der Waals surface area contributed by atoms with E-state index in [4.69, 9.17) is 9.84 Å². The van der Waals surface area contributed by atoms with Crippen molar-refractivity contribution in [1.29, 1.82) is 0 Å². The molecule has 0 aliphatic carbocycles. The molecule has 2 aromatic rings. The summed E-state index contributed by atoms with van der Waals surface area (Å²) < 4.78 is 20.8. The molecule has 9 nitrogen and oxygen atoms in total. The van der Waals surface area contributed by atoms with Gasteiger partial charge in [-0.3, -0.25) is 9.69 Å². The molecular weight excluding hydrogens is 333 g/mol. The van der Waals surface area contributed by atoms with Crippen molar-refractivity contribution in [3.63, 3.8) is 0 Å². The Morgan fingerprint density at radius 3 is 2.88 bits per heavy atom. The van der Waals surface area contributed by atoms with Gasteiger partial charge in [-0.05, 0) is 18.2 Å². The third kappa shape index (κ3) is 3.15. The minimum atomic E-state index is -0.727. The maximum atomic E-state index is 14.4. The van der Waals surface area contributed by atoms with Gasteiger partial charge in [0.15, 0.2) is 12.0 Å². The van der Waals surface area contributed by atoms with Gasteiger partial charge in [-0.25, -0.2) is 13.9 Å². The molecule has 0 radical (unpaired) electrons. The highest BCUT2D eigenvalue weighted by molar-refractivity contribution is 5.90. The van der Waals surface area contributed by atoms with E-state index in [1.165, 1.54) is 52.8 Å². The van der Waals surface area contributed by atoms with Gasteiger partial charge >= 0.3 is 6.09 Å². The Morgan fingerprint density at radius 1 is 1.52 bits per heavy atom. The molecule has 1 aliphatic rings. The molecule has 1 aliphatic heterocycles. The summed E-state index contributed by atoms with van der Waals surface area (Å²) >= 11 is 0. The van der Waals surface area contributed by atoms with Crippen molar-refractivity contribution in [3.05, 3.63) is 35.9 Å². The summed E-state index contributed by atoms with van der Waals surface area (Å²) in [6.07, 6.45) is 0.0174. The normalized spacial score (nSPS) is 16.9. The third-order valence-electron chi connectivity index (χ3n) is 3.92. The monoisotopic (exact) mass is 349 g/mol. The molecule has 1 atom stereocenters. The number of halogens is 1. The number of nitrogens with zero attached hydrogens (tertiary/aromatic N) is 5. The minimum absolute atomic E-state index is 0.103. The Labute approximate surface area is 142 Å². The van der Waals surface area contributed by atoms with Gasteiger partial charge in [0.25, 0.3) is 0 Å². The fourth-order valence-electron chi connectivity index (χ4n) is 2.40. The summed E-state index contributed by atoms with van der Waals surface area (Å²) in [6, 6.07) is 4.15. The van der Waals surface area contributed by atoms with Crippen LogP contribution in [0, 0.1) is 5.82 Å². The van der Waals surface area contributed by atoms with Crippen molar-refractivity contribution in [3.8, 4) is 5.69 Å². The van der Waals surface area contributed by atoms with Crippen molar-refractivity contribution in [2.24, 2.45) is 0 Å². The Balaban J connectivity index is 1.83. The summed E-state index contributed by atoms with van der Waals surface area (Å²) in [5.74, 6) is -0.866. The van der Waals surface area contributed by atoms with Gasteiger partial charge in [0.05, 0.1) is 25.0 Å². The molecule has 2 amide bonds. The molecule has 132 valence electrons. The zero-order valence-electron chi connectivity index (χ0n) is 13.6. The Bertz CT molecular complexity index is 824. The first-order valence-corrected chi connectivity index (χ1v) is 7.44. The topological polar surface area (TPSA) is 101 Å². The molecule has 1 aromatic carbocycles. The van der Waals surface area contributed by atoms with Crippen LogP contribution in [0.25, 0.3) is 5.69 Å². The summed E-state index contributed by atoms with van der Waals surface area (Å²) in [5, 5.41) is 16.4. The molecule has 0 spiro atoms. The van der Waals surface area contributed by atoms with Gasteiger partial charge in [0.1, 0.15) is 11.4 Å². The van der Waals surface area contributed by atoms with Crippen LogP contribution in [-0.4, -0.2) is 56.8 Å². The van der Waals surface area contributed by atoms with Crippen molar-refractivity contribution in [1.82, 2.24) is 19.9 Å². The molecule has 3 rings (SSSR count). The Morgan fingerprint density at radius 2 is 2.28 bits per heavy atom. The molecule has 1 N–H and O–H groups in total. The maximum Gasteiger partial charge on any atom is 0.416 e. The van der Waals surface area contributed by atoms with Crippen molar-refractivity contribution in [2.75, 3.05) is 18.5 Å². The molecule has 10 heteroatoms. The first-order valence-electron chi connectivity index (χ1n) is 7.44. The summed E-state index contributed by atoms with van der Waals surface area (Å²) in [7, 11) is 1.52. The van der Waals surface area contributed by atoms with E-state index >= 15 is 0 Å². The Hall–Kier alpha value is -3.01. The number of cyclic esters (lactones) is 1. The number of carbonyl (C=O) groups excluding carboxylic acids is 2.